The van der Waals surface area contributed by atoms with Crippen LogP contribution in [0.2, 0.25) is 5.02 Å². The van der Waals surface area contributed by atoms with E-state index in [9.17, 15) is 13.2 Å². The van der Waals surface area contributed by atoms with E-state index < -0.39 is 9.84 Å². The second-order valence-corrected chi connectivity index (χ2v) is 11.1. The number of hydrogen-bond donors (Lipinski definition) is 0. The van der Waals surface area contributed by atoms with Crippen LogP contribution in [0, 0.1) is 0 Å². The van der Waals surface area contributed by atoms with Gasteiger partial charge in [-0.3, -0.25) is 9.69 Å². The summed E-state index contributed by atoms with van der Waals surface area (Å²) in [4.78, 5) is 21.9. The molecule has 0 radical (unpaired) electrons. The first-order chi connectivity index (χ1) is 15.1. The molecule has 3 rings (SSSR count). The fraction of sp³-hybridized carbons (Fsp3) is 0.364. The maximum atomic E-state index is 13.3. The molecule has 0 spiro atoms. The lowest BCUT2D eigenvalue weighted by Gasteiger charge is -2.21. The molecule has 7 nitrogen and oxygen atoms in total. The molecule has 32 heavy (non-hydrogen) atoms. The van der Waals surface area contributed by atoms with Gasteiger partial charge in [-0.1, -0.05) is 35.1 Å². The molecule has 0 aliphatic heterocycles. The molecule has 0 fully saturated rings. The Balaban J connectivity index is 1.91. The molecule has 2 aromatic carbocycles. The zero-order valence-corrected chi connectivity index (χ0v) is 20.9. The summed E-state index contributed by atoms with van der Waals surface area (Å²) in [5.41, 5.74) is 1.36. The van der Waals surface area contributed by atoms with E-state index in [1.54, 1.807) is 36.3 Å². The molecule has 10 heteroatoms. The molecule has 0 aliphatic rings. The van der Waals surface area contributed by atoms with Crippen LogP contribution < -0.4 is 9.64 Å². The van der Waals surface area contributed by atoms with Crippen molar-refractivity contribution < 1.29 is 17.9 Å². The van der Waals surface area contributed by atoms with E-state index in [1.807, 2.05) is 14.1 Å². The normalized spacial score (nSPS) is 11.8. The van der Waals surface area contributed by atoms with Crippen molar-refractivity contribution in [3.05, 3.63) is 47.0 Å². The van der Waals surface area contributed by atoms with Crippen molar-refractivity contribution in [1.29, 1.82) is 0 Å². The maximum absolute atomic E-state index is 13.3. The maximum Gasteiger partial charge on any atom is 0.233 e. The Hall–Kier alpha value is -2.20. The number of fused-ring (bicyclic) bond motifs is 1. The van der Waals surface area contributed by atoms with Crippen molar-refractivity contribution in [1.82, 2.24) is 9.88 Å². The fourth-order valence-electron chi connectivity index (χ4n) is 3.22. The zero-order valence-electron chi connectivity index (χ0n) is 18.5. The lowest BCUT2D eigenvalue weighted by Crippen LogP contribution is -2.34. The van der Waals surface area contributed by atoms with Crippen LogP contribution in [0.25, 0.3) is 10.2 Å². The van der Waals surface area contributed by atoms with E-state index in [0.717, 1.165) is 29.5 Å². The molecule has 0 unspecified atom stereocenters. The number of halogens is 1. The van der Waals surface area contributed by atoms with Crippen molar-refractivity contribution in [2.75, 3.05) is 45.5 Å². The van der Waals surface area contributed by atoms with E-state index in [1.165, 1.54) is 23.5 Å². The molecule has 3 aromatic rings. The highest BCUT2D eigenvalue weighted by atomic mass is 35.5. The lowest BCUT2D eigenvalue weighted by molar-refractivity contribution is -0.118. The van der Waals surface area contributed by atoms with Crippen molar-refractivity contribution in [2.45, 2.75) is 17.7 Å². The average molecular weight is 496 g/mol. The SMILES string of the molecule is COc1ccc(Cl)c2sc(N(CCCN(C)C)C(=O)Cc3ccc(S(C)(=O)=O)cc3)nc12. The minimum atomic E-state index is -3.29. The van der Waals surface area contributed by atoms with E-state index in [2.05, 4.69) is 9.88 Å². The summed E-state index contributed by atoms with van der Waals surface area (Å²) in [6.45, 7) is 1.32. The average Bonchev–Trinajstić information content (AvgIpc) is 3.17. The molecule has 0 atom stereocenters. The molecule has 0 N–H and O–H groups in total. The standard InChI is InChI=1S/C22H26ClN3O4S2/c1-25(2)12-5-13-26(19(27)14-15-6-8-16(9-7-15)32(4,28)29)22-24-20-18(30-3)11-10-17(23)21(20)31-22/h6-11H,5,12-14H2,1-4H3. The molecule has 172 valence electrons. The van der Waals surface area contributed by atoms with Crippen LogP contribution in [-0.2, 0) is 21.1 Å². The molecule has 0 bridgehead atoms. The number of sulfone groups is 1. The highest BCUT2D eigenvalue weighted by Gasteiger charge is 2.22. The van der Waals surface area contributed by atoms with Gasteiger partial charge in [0.15, 0.2) is 15.0 Å². The van der Waals surface area contributed by atoms with Crippen LogP contribution in [0.4, 0.5) is 5.13 Å². The number of methoxy groups -OCH3 is 1. The molecule has 0 saturated heterocycles. The number of nitrogens with zero attached hydrogens (tertiary/aromatic N) is 3. The topological polar surface area (TPSA) is 79.8 Å². The smallest absolute Gasteiger partial charge is 0.233 e. The van der Waals surface area contributed by atoms with E-state index in [-0.39, 0.29) is 17.2 Å². The number of rotatable bonds is 9. The summed E-state index contributed by atoms with van der Waals surface area (Å²) >= 11 is 7.72. The van der Waals surface area contributed by atoms with E-state index >= 15 is 0 Å². The Morgan fingerprint density at radius 2 is 1.81 bits per heavy atom. The van der Waals surface area contributed by atoms with Gasteiger partial charge in [0.1, 0.15) is 11.3 Å². The summed E-state index contributed by atoms with van der Waals surface area (Å²) in [5.74, 6) is 0.481. The van der Waals surface area contributed by atoms with Gasteiger partial charge < -0.3 is 9.64 Å². The number of carbonyl (C=O) groups excluding carboxylic acids is 1. The first-order valence-electron chi connectivity index (χ1n) is 9.97. The van der Waals surface area contributed by atoms with E-state index in [0.29, 0.717) is 28.0 Å². The Labute approximate surface area is 197 Å². The molecule has 0 aliphatic carbocycles. The van der Waals surface area contributed by atoms with Crippen molar-refractivity contribution >= 4 is 54.0 Å². The molecule has 1 aromatic heterocycles. The van der Waals surface area contributed by atoms with Gasteiger partial charge in [0.05, 0.1) is 28.1 Å². The van der Waals surface area contributed by atoms with Gasteiger partial charge in [-0.2, -0.15) is 0 Å². The molecule has 1 heterocycles. The van der Waals surface area contributed by atoms with Gasteiger partial charge in [-0.15, -0.1) is 0 Å². The largest absolute Gasteiger partial charge is 0.494 e. The second-order valence-electron chi connectivity index (χ2n) is 7.72. The van der Waals surface area contributed by atoms with Crippen LogP contribution in [0.3, 0.4) is 0 Å². The van der Waals surface area contributed by atoms with Gasteiger partial charge in [0.2, 0.25) is 5.91 Å². The molecule has 0 saturated carbocycles. The van der Waals surface area contributed by atoms with Crippen LogP contribution in [-0.4, -0.2) is 64.8 Å². The number of ether oxygens (including phenoxy) is 1. The van der Waals surface area contributed by atoms with Crippen LogP contribution in [0.1, 0.15) is 12.0 Å². The zero-order chi connectivity index (χ0) is 23.5. The van der Waals surface area contributed by atoms with Gasteiger partial charge in [0.25, 0.3) is 0 Å². The molecule has 1 amide bonds. The van der Waals surface area contributed by atoms with Gasteiger partial charge in [-0.05, 0) is 56.9 Å². The van der Waals surface area contributed by atoms with Gasteiger partial charge in [-0.25, -0.2) is 13.4 Å². The Kier molecular flexibility index (Phi) is 7.76. The Morgan fingerprint density at radius 3 is 2.41 bits per heavy atom. The predicted octanol–water partition coefficient (Wildman–Crippen LogP) is 3.89. The third kappa shape index (κ3) is 5.78. The third-order valence-electron chi connectivity index (χ3n) is 4.89. The predicted molar refractivity (Wildman–Crippen MR) is 130 cm³/mol. The summed E-state index contributed by atoms with van der Waals surface area (Å²) in [6.07, 6.45) is 2.06. The number of hydrogen-bond acceptors (Lipinski definition) is 7. The van der Waals surface area contributed by atoms with Gasteiger partial charge in [0, 0.05) is 12.8 Å². The first kappa shape index (κ1) is 24.4. The third-order valence-corrected chi connectivity index (χ3v) is 7.56. The number of anilines is 1. The van der Waals surface area contributed by atoms with Crippen molar-refractivity contribution in [3.63, 3.8) is 0 Å². The quantitative estimate of drug-likeness (QED) is 0.448. The number of benzene rings is 2. The van der Waals surface area contributed by atoms with Crippen molar-refractivity contribution in [2.24, 2.45) is 0 Å². The fourth-order valence-corrected chi connectivity index (χ4v) is 5.15. The highest BCUT2D eigenvalue weighted by molar-refractivity contribution is 7.90. The van der Waals surface area contributed by atoms with Crippen LogP contribution >= 0.6 is 22.9 Å². The van der Waals surface area contributed by atoms with Crippen LogP contribution in [0.15, 0.2) is 41.3 Å². The molecular formula is C22H26ClN3O4S2. The number of aromatic nitrogens is 1. The minimum Gasteiger partial charge on any atom is -0.494 e. The minimum absolute atomic E-state index is 0.120. The summed E-state index contributed by atoms with van der Waals surface area (Å²) in [5, 5.41) is 1.12. The summed E-state index contributed by atoms with van der Waals surface area (Å²) in [6, 6.07) is 9.91. The number of thiazole rings is 1. The van der Waals surface area contributed by atoms with Crippen molar-refractivity contribution in [3.8, 4) is 5.75 Å². The van der Waals surface area contributed by atoms with Crippen LogP contribution in [0.5, 0.6) is 5.75 Å². The Morgan fingerprint density at radius 1 is 1.12 bits per heavy atom. The van der Waals surface area contributed by atoms with Gasteiger partial charge >= 0.3 is 0 Å². The Bertz CT molecular complexity index is 1210. The monoisotopic (exact) mass is 495 g/mol. The number of carbonyl (C=O) groups is 1. The summed E-state index contributed by atoms with van der Waals surface area (Å²) < 4.78 is 29.6. The number of amides is 1. The lowest BCUT2D eigenvalue weighted by atomic mass is 10.1. The first-order valence-corrected chi connectivity index (χ1v) is 13.1. The van der Waals surface area contributed by atoms with E-state index in [4.69, 9.17) is 16.3 Å². The summed E-state index contributed by atoms with van der Waals surface area (Å²) in [7, 11) is 2.25. The second kappa shape index (κ2) is 10.2. The molecular weight excluding hydrogens is 470 g/mol. The highest BCUT2D eigenvalue weighted by Crippen LogP contribution is 2.38.